The molecule has 1 aromatic heterocycles. The van der Waals surface area contributed by atoms with E-state index in [4.69, 9.17) is 0 Å². The van der Waals surface area contributed by atoms with Crippen molar-refractivity contribution in [2.24, 2.45) is 5.92 Å². The highest BCUT2D eigenvalue weighted by atomic mass is 32.2. The number of aryl methyl sites for hydroxylation is 1. The molecule has 24 heavy (non-hydrogen) atoms. The number of carbonyl (C=O) groups excluding carboxylic acids is 1. The average Bonchev–Trinajstić information content (AvgIpc) is 3.04. The molecule has 2 rings (SSSR count). The third kappa shape index (κ3) is 5.57. The van der Waals surface area contributed by atoms with E-state index in [-0.39, 0.29) is 18.5 Å². The quantitative estimate of drug-likeness (QED) is 0.606. The molecule has 3 N–H and O–H groups in total. The number of H-pyrrole nitrogens is 1. The van der Waals surface area contributed by atoms with Gasteiger partial charge in [0.1, 0.15) is 0 Å². The first kappa shape index (κ1) is 18.9. The zero-order valence-corrected chi connectivity index (χ0v) is 15.3. The Balaban J connectivity index is 1.92. The number of aromatic nitrogens is 2. The van der Waals surface area contributed by atoms with Crippen LogP contribution in [0.25, 0.3) is 0 Å². The second kappa shape index (κ2) is 8.09. The summed E-state index contributed by atoms with van der Waals surface area (Å²) in [7, 11) is -3.36. The number of imidazole rings is 1. The lowest BCUT2D eigenvalue weighted by Crippen LogP contribution is -2.45. The largest absolute Gasteiger partial charge is 0.351 e. The van der Waals surface area contributed by atoms with Gasteiger partial charge in [0.15, 0.2) is 0 Å². The molecule has 0 aromatic carbocycles. The Kier molecular flexibility index (Phi) is 6.36. The monoisotopic (exact) mass is 357 g/mol. The van der Waals surface area contributed by atoms with E-state index >= 15 is 0 Å². The topological polar surface area (TPSA) is 107 Å². The molecule has 136 valence electrons. The molecule has 0 spiro atoms. The predicted octanol–water partition coefficient (Wildman–Crippen LogP) is -0.0160. The summed E-state index contributed by atoms with van der Waals surface area (Å²) >= 11 is 0. The summed E-state index contributed by atoms with van der Waals surface area (Å²) in [5.41, 5.74) is 2.09. The lowest BCUT2D eigenvalue weighted by atomic mass is 9.98. The molecular formula is C15H27N5O3S. The van der Waals surface area contributed by atoms with Crippen LogP contribution in [0.1, 0.15) is 31.2 Å². The van der Waals surface area contributed by atoms with Crippen molar-refractivity contribution in [1.29, 1.82) is 0 Å². The van der Waals surface area contributed by atoms with Gasteiger partial charge in [0.2, 0.25) is 15.9 Å². The Morgan fingerprint density at radius 1 is 1.46 bits per heavy atom. The zero-order chi connectivity index (χ0) is 17.7. The zero-order valence-electron chi connectivity index (χ0n) is 14.5. The predicted molar refractivity (Wildman–Crippen MR) is 91.8 cm³/mol. The summed E-state index contributed by atoms with van der Waals surface area (Å²) in [5.74, 6) is 0.0840. The molecule has 2 heterocycles. The van der Waals surface area contributed by atoms with Gasteiger partial charge in [-0.15, -0.1) is 0 Å². The minimum absolute atomic E-state index is 0.0399. The molecule has 0 unspecified atom stereocenters. The second-order valence-corrected chi connectivity index (χ2v) is 8.32. The Hall–Kier alpha value is -1.45. The maximum Gasteiger partial charge on any atom is 0.235 e. The van der Waals surface area contributed by atoms with Crippen LogP contribution in [-0.2, 0) is 21.4 Å². The van der Waals surface area contributed by atoms with E-state index in [9.17, 15) is 13.2 Å². The van der Waals surface area contributed by atoms with Crippen molar-refractivity contribution in [3.05, 3.63) is 17.7 Å². The van der Waals surface area contributed by atoms with E-state index in [1.165, 1.54) is 0 Å². The number of nitrogens with one attached hydrogen (secondary N) is 3. The van der Waals surface area contributed by atoms with Gasteiger partial charge in [-0.1, -0.05) is 13.3 Å². The summed E-state index contributed by atoms with van der Waals surface area (Å²) in [6, 6.07) is 0.0399. The van der Waals surface area contributed by atoms with Gasteiger partial charge in [-0.2, -0.15) is 0 Å². The number of likely N-dealkylation sites (tertiary alicyclic amines) is 1. The van der Waals surface area contributed by atoms with Gasteiger partial charge >= 0.3 is 0 Å². The Morgan fingerprint density at radius 3 is 2.79 bits per heavy atom. The Bertz CT molecular complexity index is 658. The number of hydrogen-bond acceptors (Lipinski definition) is 5. The minimum Gasteiger partial charge on any atom is -0.351 e. The fourth-order valence-corrected chi connectivity index (χ4v) is 3.52. The smallest absolute Gasteiger partial charge is 0.235 e. The van der Waals surface area contributed by atoms with Crippen LogP contribution in [0.3, 0.4) is 0 Å². The van der Waals surface area contributed by atoms with Gasteiger partial charge in [0.05, 0.1) is 24.8 Å². The van der Waals surface area contributed by atoms with Gasteiger partial charge < -0.3 is 10.3 Å². The molecule has 2 atom stereocenters. The molecule has 0 saturated carbocycles. The summed E-state index contributed by atoms with van der Waals surface area (Å²) in [6.07, 6.45) is 4.82. The van der Waals surface area contributed by atoms with E-state index in [0.717, 1.165) is 50.1 Å². The fourth-order valence-electron chi connectivity index (χ4n) is 3.13. The molecule has 0 bridgehead atoms. The minimum atomic E-state index is -3.36. The summed E-state index contributed by atoms with van der Waals surface area (Å²) in [6.45, 7) is 6.32. The summed E-state index contributed by atoms with van der Waals surface area (Å²) < 4.78 is 24.4. The number of rotatable bonds is 8. The SMILES string of the molecule is CCC[C@H]1CN(Cc2nc[nH]c2C)C[C@@H]1NC(=O)CNS(C)(=O)=O. The normalized spacial score (nSPS) is 22.0. The van der Waals surface area contributed by atoms with Crippen LogP contribution >= 0.6 is 0 Å². The first-order chi connectivity index (χ1) is 11.3. The van der Waals surface area contributed by atoms with Crippen LogP contribution in [0, 0.1) is 12.8 Å². The van der Waals surface area contributed by atoms with Crippen molar-refractivity contribution in [1.82, 2.24) is 24.9 Å². The molecular weight excluding hydrogens is 330 g/mol. The third-order valence-electron chi connectivity index (χ3n) is 4.33. The lowest BCUT2D eigenvalue weighted by molar-refractivity contribution is -0.120. The molecule has 0 radical (unpaired) electrons. The number of amides is 1. The molecule has 1 amide bonds. The molecule has 1 fully saturated rings. The average molecular weight is 357 g/mol. The summed E-state index contributed by atoms with van der Waals surface area (Å²) in [5, 5.41) is 2.97. The Morgan fingerprint density at radius 2 is 2.21 bits per heavy atom. The van der Waals surface area contributed by atoms with Crippen LogP contribution in [0.4, 0.5) is 0 Å². The van der Waals surface area contributed by atoms with Gasteiger partial charge in [0, 0.05) is 31.4 Å². The highest BCUT2D eigenvalue weighted by molar-refractivity contribution is 7.88. The van der Waals surface area contributed by atoms with Crippen molar-refractivity contribution < 1.29 is 13.2 Å². The van der Waals surface area contributed by atoms with Crippen molar-refractivity contribution in [3.8, 4) is 0 Å². The number of nitrogens with zero attached hydrogens (tertiary/aromatic N) is 2. The molecule has 1 saturated heterocycles. The van der Waals surface area contributed by atoms with E-state index in [0.29, 0.717) is 5.92 Å². The number of sulfonamides is 1. The van der Waals surface area contributed by atoms with Crippen molar-refractivity contribution in [2.75, 3.05) is 25.9 Å². The van der Waals surface area contributed by atoms with Gasteiger partial charge in [-0.25, -0.2) is 18.1 Å². The molecule has 0 aliphatic carbocycles. The van der Waals surface area contributed by atoms with E-state index in [2.05, 4.69) is 31.8 Å². The van der Waals surface area contributed by atoms with Crippen molar-refractivity contribution in [3.63, 3.8) is 0 Å². The van der Waals surface area contributed by atoms with Gasteiger partial charge in [-0.3, -0.25) is 9.69 Å². The van der Waals surface area contributed by atoms with E-state index in [1.54, 1.807) is 6.33 Å². The maximum atomic E-state index is 12.0. The van der Waals surface area contributed by atoms with Crippen LogP contribution in [-0.4, -0.2) is 61.1 Å². The van der Waals surface area contributed by atoms with Crippen LogP contribution < -0.4 is 10.0 Å². The number of aromatic amines is 1. The standard InChI is InChI=1S/C15H27N5O3S/c1-4-5-12-7-20(8-13-11(2)16-10-17-13)9-14(12)19-15(21)6-18-24(3,22)23/h10,12,14,18H,4-9H2,1-3H3,(H,16,17)(H,19,21)/t12-,14-/m0/s1. The van der Waals surface area contributed by atoms with Crippen molar-refractivity contribution in [2.45, 2.75) is 39.3 Å². The van der Waals surface area contributed by atoms with E-state index in [1.807, 2.05) is 6.92 Å². The maximum absolute atomic E-state index is 12.0. The fraction of sp³-hybridized carbons (Fsp3) is 0.733. The number of carbonyl (C=O) groups is 1. The molecule has 8 nitrogen and oxygen atoms in total. The molecule has 9 heteroatoms. The second-order valence-electron chi connectivity index (χ2n) is 6.48. The first-order valence-electron chi connectivity index (χ1n) is 8.23. The molecule has 1 aliphatic rings. The Labute approximate surface area is 143 Å². The first-order valence-corrected chi connectivity index (χ1v) is 10.1. The highest BCUT2D eigenvalue weighted by Crippen LogP contribution is 2.23. The van der Waals surface area contributed by atoms with Crippen LogP contribution in [0.5, 0.6) is 0 Å². The molecule has 1 aromatic rings. The summed E-state index contributed by atoms with van der Waals surface area (Å²) in [4.78, 5) is 21.7. The van der Waals surface area contributed by atoms with Gasteiger partial charge in [0.25, 0.3) is 0 Å². The van der Waals surface area contributed by atoms with Crippen molar-refractivity contribution >= 4 is 15.9 Å². The van der Waals surface area contributed by atoms with Gasteiger partial charge in [-0.05, 0) is 19.3 Å². The highest BCUT2D eigenvalue weighted by Gasteiger charge is 2.33. The number of hydrogen-bond donors (Lipinski definition) is 3. The third-order valence-corrected chi connectivity index (χ3v) is 4.99. The lowest BCUT2D eigenvalue weighted by Gasteiger charge is -2.19. The van der Waals surface area contributed by atoms with E-state index < -0.39 is 10.0 Å². The van der Waals surface area contributed by atoms with Crippen LogP contribution in [0.15, 0.2) is 6.33 Å². The van der Waals surface area contributed by atoms with Crippen LogP contribution in [0.2, 0.25) is 0 Å². The molecule has 1 aliphatic heterocycles.